The van der Waals surface area contributed by atoms with Crippen molar-refractivity contribution in [3.63, 3.8) is 0 Å². The minimum Gasteiger partial charge on any atom is -0.464 e. The van der Waals surface area contributed by atoms with E-state index in [1.807, 2.05) is 32.2 Å². The van der Waals surface area contributed by atoms with E-state index in [0.717, 1.165) is 44.7 Å². The van der Waals surface area contributed by atoms with Crippen LogP contribution < -0.4 is 10.7 Å². The molecule has 0 saturated carbocycles. The zero-order valence-electron chi connectivity index (χ0n) is 39.7. The van der Waals surface area contributed by atoms with Gasteiger partial charge in [0.2, 0.25) is 17.7 Å². The van der Waals surface area contributed by atoms with Gasteiger partial charge in [0.1, 0.15) is 12.1 Å². The van der Waals surface area contributed by atoms with Crippen molar-refractivity contribution in [2.75, 3.05) is 46.9 Å². The Balaban J connectivity index is 1.22. The molecule has 1 aromatic carbocycles. The highest BCUT2D eigenvalue weighted by Gasteiger charge is 2.39. The highest BCUT2D eigenvalue weighted by atomic mass is 32.1. The van der Waals surface area contributed by atoms with Crippen molar-refractivity contribution in [2.45, 2.75) is 105 Å². The van der Waals surface area contributed by atoms with E-state index in [9.17, 15) is 24.0 Å². The molecule has 2 fully saturated rings. The standard InChI is InChI=1S/C50H64N8O7S/c1-10-14-42(59)56-22-19-33(27-56)47(61)55(8)44(30(3)4)46(60)52-26-34-24-41-53-39(28-66-41)32-17-18-40-36(23-32)37(45(57(40)11-2)35-15-12-20-51-43(35)31(5)64-9)25-50(6,7)29-65-49(63)38-16-13-21-58(54-38)48(34)62/h12,15,17-18,20,23,28,30-31,33-34,38,44,54H,11,13,16,19,21-22,24-27,29H2,1-9H3,(H,52,60)/t31-,33-,34+,38-,44-/m0/s1. The SMILES string of the molecule is CC#CC(=O)N1CC[C@H](C(=O)N(C)[C@H](C(=O)NC[C@H]2Cc3nc(cs3)-c3ccc4c(c3)c(c(-c3cccnc3[C@H](C)OC)n4CC)CC(C)(C)COC(=O)[C@@H]3CCCN(N3)C2=O)C(C)C)C1. The molecule has 3 aromatic heterocycles. The number of fused-ring (bicyclic) bond motifs is 6. The molecule has 0 aliphatic carbocycles. The number of thiazole rings is 1. The highest BCUT2D eigenvalue weighted by Crippen LogP contribution is 2.42. The van der Waals surface area contributed by atoms with E-state index in [4.69, 9.17) is 19.4 Å². The van der Waals surface area contributed by atoms with Crippen LogP contribution in [0.15, 0.2) is 41.9 Å². The van der Waals surface area contributed by atoms with E-state index in [1.54, 1.807) is 32.2 Å². The Hall–Kier alpha value is -5.63. The van der Waals surface area contributed by atoms with Gasteiger partial charge in [-0.3, -0.25) is 34.0 Å². The summed E-state index contributed by atoms with van der Waals surface area (Å²) in [5, 5.41) is 8.31. The maximum atomic E-state index is 14.6. The number of methoxy groups -OCH3 is 1. The van der Waals surface area contributed by atoms with Gasteiger partial charge in [-0.1, -0.05) is 39.7 Å². The summed E-state index contributed by atoms with van der Waals surface area (Å²) in [4.78, 5) is 81.7. The average molecular weight is 921 g/mol. The minimum atomic E-state index is -0.828. The van der Waals surface area contributed by atoms with E-state index in [-0.39, 0.29) is 61.8 Å². The number of carbonyl (C=O) groups is 5. The Labute approximate surface area is 391 Å². The summed E-state index contributed by atoms with van der Waals surface area (Å²) < 4.78 is 14.2. The molecule has 6 bridgehead atoms. The van der Waals surface area contributed by atoms with Gasteiger partial charge in [-0.2, -0.15) is 0 Å². The third kappa shape index (κ3) is 10.2. The number of esters is 1. The van der Waals surface area contributed by atoms with Crippen molar-refractivity contribution >= 4 is 51.8 Å². The molecule has 15 nitrogen and oxygen atoms in total. The first-order valence-electron chi connectivity index (χ1n) is 23.1. The van der Waals surface area contributed by atoms with Crippen molar-refractivity contribution in [1.82, 2.24) is 40.1 Å². The number of hydrogen-bond acceptors (Lipinski definition) is 11. The molecule has 0 spiro atoms. The second-order valence-corrected chi connectivity index (χ2v) is 19.8. The number of amides is 4. The summed E-state index contributed by atoms with van der Waals surface area (Å²) >= 11 is 1.46. The number of likely N-dealkylation sites (N-methyl/N-ethyl adjacent to an activating group) is 1. The lowest BCUT2D eigenvalue weighted by atomic mass is 9.84. The molecule has 352 valence electrons. The number of carbonyl (C=O) groups excluding carboxylic acids is 5. The molecule has 4 aromatic rings. The molecule has 2 saturated heterocycles. The lowest BCUT2D eigenvalue weighted by Gasteiger charge is -2.36. The average Bonchev–Trinajstić information content (AvgIpc) is 4.07. The first-order chi connectivity index (χ1) is 31.5. The monoisotopic (exact) mass is 920 g/mol. The lowest BCUT2D eigenvalue weighted by Crippen LogP contribution is -2.58. The maximum Gasteiger partial charge on any atom is 0.324 e. The van der Waals surface area contributed by atoms with Crippen molar-refractivity contribution in [2.24, 2.45) is 23.2 Å². The molecule has 16 heteroatoms. The van der Waals surface area contributed by atoms with Crippen LogP contribution in [0.3, 0.4) is 0 Å². The Morgan fingerprint density at radius 3 is 2.65 bits per heavy atom. The lowest BCUT2D eigenvalue weighted by molar-refractivity contribution is -0.155. The van der Waals surface area contributed by atoms with Gasteiger partial charge >= 0.3 is 5.97 Å². The summed E-state index contributed by atoms with van der Waals surface area (Å²) in [5.74, 6) is 2.07. The molecule has 7 rings (SSSR count). The summed E-state index contributed by atoms with van der Waals surface area (Å²) in [6.07, 6.45) is 3.91. The van der Waals surface area contributed by atoms with Gasteiger partial charge in [0.25, 0.3) is 5.91 Å². The summed E-state index contributed by atoms with van der Waals surface area (Å²) in [7, 11) is 3.31. The minimum absolute atomic E-state index is 0.0264. The van der Waals surface area contributed by atoms with Gasteiger partial charge in [0.05, 0.1) is 46.6 Å². The number of cyclic esters (lactones) is 1. The highest BCUT2D eigenvalue weighted by molar-refractivity contribution is 7.10. The van der Waals surface area contributed by atoms with Crippen LogP contribution >= 0.6 is 11.3 Å². The molecule has 3 aliphatic rings. The number of nitrogens with zero attached hydrogens (tertiary/aromatic N) is 6. The molecule has 4 amide bonds. The zero-order chi connectivity index (χ0) is 47.4. The Morgan fingerprint density at radius 2 is 1.92 bits per heavy atom. The van der Waals surface area contributed by atoms with E-state index >= 15 is 0 Å². The second-order valence-electron chi connectivity index (χ2n) is 18.9. The first-order valence-corrected chi connectivity index (χ1v) is 24.0. The number of aryl methyl sites for hydroxylation is 1. The van der Waals surface area contributed by atoms with Crippen molar-refractivity contribution in [3.8, 4) is 34.4 Å². The summed E-state index contributed by atoms with van der Waals surface area (Å²) in [5.41, 5.74) is 9.42. The molecule has 2 N–H and O–H groups in total. The van der Waals surface area contributed by atoms with Crippen molar-refractivity contribution < 1.29 is 33.4 Å². The van der Waals surface area contributed by atoms with E-state index in [0.29, 0.717) is 50.3 Å². The number of pyridine rings is 1. The van der Waals surface area contributed by atoms with Crippen LogP contribution in [0.5, 0.6) is 0 Å². The number of nitrogens with one attached hydrogen (secondary N) is 2. The third-order valence-electron chi connectivity index (χ3n) is 13.2. The predicted molar refractivity (Wildman–Crippen MR) is 253 cm³/mol. The number of hydrogen-bond donors (Lipinski definition) is 2. The number of benzene rings is 1. The maximum absolute atomic E-state index is 14.6. The van der Waals surface area contributed by atoms with Crippen LogP contribution in [0.1, 0.15) is 90.1 Å². The third-order valence-corrected chi connectivity index (χ3v) is 14.0. The van der Waals surface area contributed by atoms with Gasteiger partial charge in [-0.15, -0.1) is 11.3 Å². The van der Waals surface area contributed by atoms with Gasteiger partial charge in [0, 0.05) is 92.3 Å². The van der Waals surface area contributed by atoms with Gasteiger partial charge < -0.3 is 29.2 Å². The van der Waals surface area contributed by atoms with E-state index in [1.165, 1.54) is 21.2 Å². The van der Waals surface area contributed by atoms with Crippen LogP contribution in [0.2, 0.25) is 0 Å². The summed E-state index contributed by atoms with van der Waals surface area (Å²) in [6, 6.07) is 8.89. The molecule has 66 heavy (non-hydrogen) atoms. The Bertz CT molecular complexity index is 2540. The second kappa shape index (κ2) is 20.5. The molecule has 5 atom stereocenters. The number of hydrazine groups is 1. The topological polar surface area (TPSA) is 168 Å². The molecule has 0 radical (unpaired) electrons. The number of aromatic nitrogens is 3. The van der Waals surface area contributed by atoms with Crippen LogP contribution in [0, 0.1) is 35.0 Å². The van der Waals surface area contributed by atoms with Gasteiger partial charge in [-0.25, -0.2) is 10.4 Å². The largest absolute Gasteiger partial charge is 0.464 e. The summed E-state index contributed by atoms with van der Waals surface area (Å²) in [6.45, 7) is 15.5. The predicted octanol–water partition coefficient (Wildman–Crippen LogP) is 5.80. The molecule has 0 unspecified atom stereocenters. The fourth-order valence-corrected chi connectivity index (χ4v) is 10.6. The van der Waals surface area contributed by atoms with E-state index < -0.39 is 35.3 Å². The fourth-order valence-electron chi connectivity index (χ4n) is 9.69. The van der Waals surface area contributed by atoms with Crippen LogP contribution in [0.4, 0.5) is 0 Å². The Kier molecular flexibility index (Phi) is 15.0. The molecular formula is C50H64N8O7S. The quantitative estimate of drug-likeness (QED) is 0.147. The molecule has 3 aliphatic heterocycles. The molecular weight excluding hydrogens is 857 g/mol. The van der Waals surface area contributed by atoms with Crippen LogP contribution in [-0.2, 0) is 52.8 Å². The van der Waals surface area contributed by atoms with Crippen LogP contribution in [-0.4, -0.2) is 118 Å². The van der Waals surface area contributed by atoms with Gasteiger partial charge in [-0.05, 0) is 88.1 Å². The van der Waals surface area contributed by atoms with E-state index in [2.05, 4.69) is 72.2 Å². The smallest absolute Gasteiger partial charge is 0.324 e. The first kappa shape index (κ1) is 48.3. The number of likely N-dealkylation sites (tertiary alicyclic amines) is 1. The van der Waals surface area contributed by atoms with Crippen molar-refractivity contribution in [1.29, 1.82) is 0 Å². The molecule has 6 heterocycles. The van der Waals surface area contributed by atoms with Crippen molar-refractivity contribution in [3.05, 3.63) is 58.2 Å². The zero-order valence-corrected chi connectivity index (χ0v) is 40.5. The number of rotatable bonds is 10. The number of ether oxygens (including phenoxy) is 2. The Morgan fingerprint density at radius 1 is 1.14 bits per heavy atom. The van der Waals surface area contributed by atoms with Gasteiger partial charge in [0.15, 0.2) is 0 Å². The van der Waals surface area contributed by atoms with Crippen LogP contribution in [0.25, 0.3) is 33.4 Å². The fraction of sp³-hybridized carbons (Fsp3) is 0.540. The normalized spacial score (nSPS) is 20.8.